The lowest BCUT2D eigenvalue weighted by molar-refractivity contribution is -0.130. The standard InChI is InChI=1S/C20H36N2O5S/c1-7-10-21-16(19(3,4)14(2)23)13-17(24)22-18(25)20(5,6)28(26)15-8-11-27-12-9-15/h14-15,23H,7-13H2,1-6H3,(H,22,24,25). The van der Waals surface area contributed by atoms with Crippen LogP contribution in [0.4, 0.5) is 0 Å². The van der Waals surface area contributed by atoms with Crippen molar-refractivity contribution in [3.63, 3.8) is 0 Å². The summed E-state index contributed by atoms with van der Waals surface area (Å²) in [5, 5.41) is 12.3. The number of amides is 2. The molecule has 0 bridgehead atoms. The van der Waals surface area contributed by atoms with E-state index in [1.165, 1.54) is 0 Å². The van der Waals surface area contributed by atoms with Crippen LogP contribution in [0.1, 0.15) is 67.2 Å². The number of aliphatic imine (C=N–C) groups is 1. The summed E-state index contributed by atoms with van der Waals surface area (Å²) in [6.07, 6.45) is 1.34. The van der Waals surface area contributed by atoms with E-state index < -0.39 is 38.9 Å². The van der Waals surface area contributed by atoms with Crippen molar-refractivity contribution in [1.82, 2.24) is 5.32 Å². The highest BCUT2D eigenvalue weighted by molar-refractivity contribution is 7.87. The number of carbonyl (C=O) groups excluding carboxylic acids is 2. The zero-order valence-corrected chi connectivity index (χ0v) is 18.9. The van der Waals surface area contributed by atoms with Gasteiger partial charge in [-0.1, -0.05) is 20.8 Å². The molecule has 1 heterocycles. The Morgan fingerprint density at radius 3 is 2.32 bits per heavy atom. The maximum Gasteiger partial charge on any atom is 0.244 e. The van der Waals surface area contributed by atoms with Crippen LogP contribution in [0.2, 0.25) is 0 Å². The van der Waals surface area contributed by atoms with E-state index in [9.17, 15) is 18.9 Å². The van der Waals surface area contributed by atoms with Crippen LogP contribution < -0.4 is 5.32 Å². The van der Waals surface area contributed by atoms with Crippen molar-refractivity contribution in [2.24, 2.45) is 10.4 Å². The van der Waals surface area contributed by atoms with Crippen LogP contribution >= 0.6 is 0 Å². The molecule has 1 fully saturated rings. The van der Waals surface area contributed by atoms with Gasteiger partial charge in [-0.3, -0.25) is 24.1 Å². The van der Waals surface area contributed by atoms with Crippen LogP contribution in [0.15, 0.2) is 4.99 Å². The van der Waals surface area contributed by atoms with Crippen LogP contribution in [-0.2, 0) is 25.1 Å². The number of hydrogen-bond acceptors (Lipinski definition) is 6. The lowest BCUT2D eigenvalue weighted by atomic mass is 9.80. The molecule has 0 aliphatic carbocycles. The van der Waals surface area contributed by atoms with E-state index in [-0.39, 0.29) is 11.7 Å². The molecular weight excluding hydrogens is 380 g/mol. The second kappa shape index (κ2) is 10.6. The fourth-order valence-electron chi connectivity index (χ4n) is 2.85. The van der Waals surface area contributed by atoms with E-state index in [0.29, 0.717) is 38.3 Å². The predicted octanol–water partition coefficient (Wildman–Crippen LogP) is 1.98. The minimum Gasteiger partial charge on any atom is -0.392 e. The summed E-state index contributed by atoms with van der Waals surface area (Å²) in [5.74, 6) is -1.04. The molecule has 0 radical (unpaired) electrons. The Kier molecular flexibility index (Phi) is 9.43. The van der Waals surface area contributed by atoms with Gasteiger partial charge in [-0.2, -0.15) is 0 Å². The average Bonchev–Trinajstić information content (AvgIpc) is 2.64. The number of imide groups is 1. The molecule has 0 aromatic heterocycles. The van der Waals surface area contributed by atoms with Gasteiger partial charge in [0.1, 0.15) is 4.75 Å². The van der Waals surface area contributed by atoms with Gasteiger partial charge >= 0.3 is 0 Å². The highest BCUT2D eigenvalue weighted by Gasteiger charge is 2.40. The molecule has 2 amide bonds. The molecule has 0 spiro atoms. The van der Waals surface area contributed by atoms with E-state index in [4.69, 9.17) is 4.74 Å². The second-order valence-corrected chi connectivity index (χ2v) is 10.7. The lowest BCUT2D eigenvalue weighted by Crippen LogP contribution is -2.51. The predicted molar refractivity (Wildman–Crippen MR) is 112 cm³/mol. The first-order valence-electron chi connectivity index (χ1n) is 9.99. The van der Waals surface area contributed by atoms with Crippen LogP contribution in [0.25, 0.3) is 0 Å². The Labute approximate surface area is 171 Å². The summed E-state index contributed by atoms with van der Waals surface area (Å²) in [6, 6.07) is 0. The number of ether oxygens (including phenoxy) is 1. The number of hydrogen-bond donors (Lipinski definition) is 2. The maximum atomic E-state index is 12.9. The first-order valence-corrected chi connectivity index (χ1v) is 11.2. The van der Waals surface area contributed by atoms with Crippen LogP contribution in [0.5, 0.6) is 0 Å². The fraction of sp³-hybridized carbons (Fsp3) is 0.850. The third-order valence-corrected chi connectivity index (χ3v) is 7.68. The molecule has 2 unspecified atom stereocenters. The summed E-state index contributed by atoms with van der Waals surface area (Å²) < 4.78 is 17.0. The molecule has 8 heteroatoms. The van der Waals surface area contributed by atoms with Crippen molar-refractivity contribution >= 4 is 28.3 Å². The molecule has 0 saturated carbocycles. The molecule has 7 nitrogen and oxygen atoms in total. The van der Waals surface area contributed by atoms with Crippen molar-refractivity contribution in [3.05, 3.63) is 0 Å². The summed E-state index contributed by atoms with van der Waals surface area (Å²) >= 11 is 0. The monoisotopic (exact) mass is 416 g/mol. The molecule has 1 aliphatic heterocycles. The van der Waals surface area contributed by atoms with Crippen LogP contribution in [0.3, 0.4) is 0 Å². The first kappa shape index (κ1) is 24.9. The smallest absolute Gasteiger partial charge is 0.244 e. The summed E-state index contributed by atoms with van der Waals surface area (Å²) in [5.41, 5.74) is -0.131. The quantitative estimate of drug-likeness (QED) is 0.559. The largest absolute Gasteiger partial charge is 0.392 e. The van der Waals surface area contributed by atoms with E-state index in [2.05, 4.69) is 10.3 Å². The zero-order valence-electron chi connectivity index (χ0n) is 18.0. The number of carbonyl (C=O) groups is 2. The molecule has 0 aromatic rings. The third kappa shape index (κ3) is 6.46. The Morgan fingerprint density at radius 2 is 1.82 bits per heavy atom. The lowest BCUT2D eigenvalue weighted by Gasteiger charge is -2.31. The minimum absolute atomic E-state index is 0.0797. The third-order valence-electron chi connectivity index (χ3n) is 5.42. The molecule has 1 saturated heterocycles. The maximum absolute atomic E-state index is 12.9. The van der Waals surface area contributed by atoms with Crippen molar-refractivity contribution < 1.29 is 23.6 Å². The van der Waals surface area contributed by atoms with Gasteiger partial charge in [0.25, 0.3) is 0 Å². The molecule has 1 rings (SSSR count). The van der Waals surface area contributed by atoms with Crippen molar-refractivity contribution in [2.75, 3.05) is 19.8 Å². The highest BCUT2D eigenvalue weighted by Crippen LogP contribution is 2.26. The van der Waals surface area contributed by atoms with Crippen molar-refractivity contribution in [2.45, 2.75) is 83.3 Å². The van der Waals surface area contributed by atoms with Gasteiger partial charge in [0.05, 0.1) is 12.5 Å². The molecule has 162 valence electrons. The van der Waals surface area contributed by atoms with E-state index in [1.54, 1.807) is 20.8 Å². The first-order chi connectivity index (χ1) is 12.9. The SMILES string of the molecule is CCCN=C(CC(=O)NC(=O)C(C)(C)S(=O)C1CCOCC1)C(C)(C)C(C)O. The normalized spacial score (nSPS) is 19.2. The second-order valence-electron chi connectivity index (χ2n) is 8.40. The average molecular weight is 417 g/mol. The summed E-state index contributed by atoms with van der Waals surface area (Å²) in [6.45, 7) is 12.1. The van der Waals surface area contributed by atoms with Crippen molar-refractivity contribution in [3.8, 4) is 0 Å². The Balaban J connectivity index is 2.83. The van der Waals surface area contributed by atoms with Gasteiger partial charge in [0.15, 0.2) is 0 Å². The van der Waals surface area contributed by atoms with Gasteiger partial charge in [-0.15, -0.1) is 0 Å². The van der Waals surface area contributed by atoms with Gasteiger partial charge in [-0.25, -0.2) is 0 Å². The number of nitrogens with one attached hydrogen (secondary N) is 1. The number of aliphatic hydroxyl groups excluding tert-OH is 1. The number of nitrogens with zero attached hydrogens (tertiary/aromatic N) is 1. The summed E-state index contributed by atoms with van der Waals surface area (Å²) in [4.78, 5) is 29.7. The Bertz CT molecular complexity index is 608. The molecular formula is C20H36N2O5S. The molecule has 1 aliphatic rings. The van der Waals surface area contributed by atoms with Crippen molar-refractivity contribution in [1.29, 1.82) is 0 Å². The molecule has 28 heavy (non-hydrogen) atoms. The fourth-order valence-corrected chi connectivity index (χ4v) is 4.53. The molecule has 2 N–H and O–H groups in total. The molecule has 2 atom stereocenters. The minimum atomic E-state index is -1.42. The summed E-state index contributed by atoms with van der Waals surface area (Å²) in [7, 11) is -1.42. The Morgan fingerprint density at radius 1 is 1.25 bits per heavy atom. The molecule has 0 aromatic carbocycles. The van der Waals surface area contributed by atoms with E-state index in [0.717, 1.165) is 6.42 Å². The van der Waals surface area contributed by atoms with Crippen LogP contribution in [-0.4, -0.2) is 62.7 Å². The highest BCUT2D eigenvalue weighted by atomic mass is 32.2. The van der Waals surface area contributed by atoms with Gasteiger partial charge in [0.2, 0.25) is 11.8 Å². The zero-order chi connectivity index (χ0) is 21.5. The van der Waals surface area contributed by atoms with E-state index >= 15 is 0 Å². The Hall–Kier alpha value is -1.12. The number of rotatable bonds is 9. The number of aliphatic hydroxyl groups is 1. The van der Waals surface area contributed by atoms with Crippen LogP contribution in [0, 0.1) is 5.41 Å². The van der Waals surface area contributed by atoms with Gasteiger partial charge < -0.3 is 9.84 Å². The van der Waals surface area contributed by atoms with Gasteiger partial charge in [0, 0.05) is 46.9 Å². The topological polar surface area (TPSA) is 105 Å². The van der Waals surface area contributed by atoms with Gasteiger partial charge in [-0.05, 0) is 40.0 Å². The van der Waals surface area contributed by atoms with E-state index in [1.807, 2.05) is 20.8 Å².